The lowest BCUT2D eigenvalue weighted by Crippen LogP contribution is -2.17. The van der Waals surface area contributed by atoms with Crippen molar-refractivity contribution in [1.82, 2.24) is 10.3 Å². The van der Waals surface area contributed by atoms with E-state index in [1.54, 1.807) is 11.3 Å². The predicted octanol–water partition coefficient (Wildman–Crippen LogP) is 4.83. The minimum atomic E-state index is 0.301. The normalized spacial score (nSPS) is 12.7. The van der Waals surface area contributed by atoms with Crippen molar-refractivity contribution in [3.8, 4) is 0 Å². The van der Waals surface area contributed by atoms with Crippen molar-refractivity contribution in [2.75, 3.05) is 0 Å². The number of benzene rings is 1. The molecule has 1 aromatic heterocycles. The van der Waals surface area contributed by atoms with Crippen LogP contribution in [-0.4, -0.2) is 4.98 Å². The molecule has 0 bridgehead atoms. The van der Waals surface area contributed by atoms with Gasteiger partial charge in [0, 0.05) is 32.6 Å². The number of hydrogen-bond acceptors (Lipinski definition) is 3. The SMILES string of the molecule is Cc1ncc(CNC(C)c2ccc(Br)cc2Br)s1. The van der Waals surface area contributed by atoms with Gasteiger partial charge < -0.3 is 5.32 Å². The minimum Gasteiger partial charge on any atom is -0.305 e. The summed E-state index contributed by atoms with van der Waals surface area (Å²) < 4.78 is 2.21. The lowest BCUT2D eigenvalue weighted by Gasteiger charge is -2.15. The third-order valence-corrected chi connectivity index (χ3v) is 4.77. The molecule has 0 spiro atoms. The minimum absolute atomic E-state index is 0.301. The Morgan fingerprint density at radius 2 is 2.17 bits per heavy atom. The standard InChI is InChI=1S/C13H14Br2N2S/c1-8(12-4-3-10(14)5-13(12)15)16-6-11-7-17-9(2)18-11/h3-5,7-8,16H,6H2,1-2H3. The highest BCUT2D eigenvalue weighted by atomic mass is 79.9. The van der Waals surface area contributed by atoms with Crippen LogP contribution < -0.4 is 5.32 Å². The van der Waals surface area contributed by atoms with Gasteiger partial charge >= 0.3 is 0 Å². The fraction of sp³-hybridized carbons (Fsp3) is 0.308. The Labute approximate surface area is 128 Å². The van der Waals surface area contributed by atoms with E-state index < -0.39 is 0 Å². The fourth-order valence-corrected chi connectivity index (χ4v) is 3.84. The van der Waals surface area contributed by atoms with Crippen molar-refractivity contribution < 1.29 is 0 Å². The average Bonchev–Trinajstić information content (AvgIpc) is 2.72. The summed E-state index contributed by atoms with van der Waals surface area (Å²) >= 11 is 8.80. The van der Waals surface area contributed by atoms with Crippen LogP contribution >= 0.6 is 43.2 Å². The third-order valence-electron chi connectivity index (χ3n) is 2.68. The molecule has 2 rings (SSSR count). The number of aromatic nitrogens is 1. The van der Waals surface area contributed by atoms with Gasteiger partial charge in [0.1, 0.15) is 0 Å². The Kier molecular flexibility index (Phi) is 4.95. The van der Waals surface area contributed by atoms with Crippen molar-refractivity contribution in [2.45, 2.75) is 26.4 Å². The Hall–Kier alpha value is -0.230. The first kappa shape index (κ1) is 14.2. The van der Waals surface area contributed by atoms with Crippen LogP contribution in [0.1, 0.15) is 28.4 Å². The van der Waals surface area contributed by atoms with Gasteiger partial charge in [0.15, 0.2) is 0 Å². The largest absolute Gasteiger partial charge is 0.305 e. The summed E-state index contributed by atoms with van der Waals surface area (Å²) in [5.41, 5.74) is 1.26. The zero-order chi connectivity index (χ0) is 13.1. The summed E-state index contributed by atoms with van der Waals surface area (Å²) in [6.07, 6.45) is 1.94. The van der Waals surface area contributed by atoms with Crippen molar-refractivity contribution >= 4 is 43.2 Å². The molecule has 2 aromatic rings. The van der Waals surface area contributed by atoms with Crippen LogP contribution in [0.3, 0.4) is 0 Å². The molecule has 0 fully saturated rings. The summed E-state index contributed by atoms with van der Waals surface area (Å²) in [6, 6.07) is 6.57. The summed E-state index contributed by atoms with van der Waals surface area (Å²) in [7, 11) is 0. The van der Waals surface area contributed by atoms with Gasteiger partial charge in [-0.05, 0) is 31.5 Å². The highest BCUT2D eigenvalue weighted by Crippen LogP contribution is 2.27. The van der Waals surface area contributed by atoms with Crippen molar-refractivity contribution in [1.29, 1.82) is 0 Å². The molecule has 0 radical (unpaired) electrons. The smallest absolute Gasteiger partial charge is 0.0897 e. The molecule has 0 aliphatic heterocycles. The second kappa shape index (κ2) is 6.28. The van der Waals surface area contributed by atoms with Gasteiger partial charge in [-0.3, -0.25) is 0 Å². The second-order valence-electron chi connectivity index (χ2n) is 4.11. The lowest BCUT2D eigenvalue weighted by molar-refractivity contribution is 0.576. The number of thiazole rings is 1. The Balaban J connectivity index is 2.01. The molecule has 1 aromatic carbocycles. The van der Waals surface area contributed by atoms with Crippen LogP contribution in [0.4, 0.5) is 0 Å². The van der Waals surface area contributed by atoms with Gasteiger partial charge in [0.2, 0.25) is 0 Å². The van der Waals surface area contributed by atoms with Crippen LogP contribution in [0.25, 0.3) is 0 Å². The molecule has 0 aliphatic carbocycles. The fourth-order valence-electron chi connectivity index (χ4n) is 1.70. The van der Waals surface area contributed by atoms with Gasteiger partial charge in [0.25, 0.3) is 0 Å². The maximum atomic E-state index is 4.26. The molecular formula is C13H14Br2N2S. The molecule has 2 nitrogen and oxygen atoms in total. The number of hydrogen-bond donors (Lipinski definition) is 1. The van der Waals surface area contributed by atoms with Gasteiger partial charge in [-0.2, -0.15) is 0 Å². The van der Waals surface area contributed by atoms with E-state index in [-0.39, 0.29) is 0 Å². The molecule has 1 atom stereocenters. The van der Waals surface area contributed by atoms with Crippen LogP contribution in [0.5, 0.6) is 0 Å². The molecule has 0 amide bonds. The first-order chi connectivity index (χ1) is 8.56. The van der Waals surface area contributed by atoms with Crippen molar-refractivity contribution in [2.24, 2.45) is 0 Å². The van der Waals surface area contributed by atoms with Gasteiger partial charge in [-0.25, -0.2) is 4.98 Å². The third kappa shape index (κ3) is 3.63. The second-order valence-corrected chi connectivity index (χ2v) is 7.20. The van der Waals surface area contributed by atoms with Crippen LogP contribution in [0, 0.1) is 6.92 Å². The first-order valence-electron chi connectivity index (χ1n) is 5.66. The number of aryl methyl sites for hydroxylation is 1. The van der Waals surface area contributed by atoms with Gasteiger partial charge in [-0.1, -0.05) is 37.9 Å². The molecule has 18 heavy (non-hydrogen) atoms. The lowest BCUT2D eigenvalue weighted by atomic mass is 10.1. The van der Waals surface area contributed by atoms with E-state index in [4.69, 9.17) is 0 Å². The van der Waals surface area contributed by atoms with E-state index in [2.05, 4.69) is 67.3 Å². The van der Waals surface area contributed by atoms with E-state index in [1.807, 2.05) is 13.1 Å². The van der Waals surface area contributed by atoms with Gasteiger partial charge in [0.05, 0.1) is 5.01 Å². The quantitative estimate of drug-likeness (QED) is 0.810. The first-order valence-corrected chi connectivity index (χ1v) is 8.06. The van der Waals surface area contributed by atoms with E-state index in [0.29, 0.717) is 6.04 Å². The molecule has 5 heteroatoms. The van der Waals surface area contributed by atoms with E-state index in [9.17, 15) is 0 Å². The predicted molar refractivity (Wildman–Crippen MR) is 83.9 cm³/mol. The number of nitrogens with one attached hydrogen (secondary N) is 1. The Morgan fingerprint density at radius 3 is 2.78 bits per heavy atom. The average molecular weight is 390 g/mol. The Morgan fingerprint density at radius 1 is 1.39 bits per heavy atom. The summed E-state index contributed by atoms with van der Waals surface area (Å²) in [6.45, 7) is 5.06. The van der Waals surface area contributed by atoms with Crippen LogP contribution in [0.2, 0.25) is 0 Å². The van der Waals surface area contributed by atoms with E-state index in [1.165, 1.54) is 10.4 Å². The molecule has 1 heterocycles. The number of halogens is 2. The highest BCUT2D eigenvalue weighted by molar-refractivity contribution is 9.11. The van der Waals surface area contributed by atoms with E-state index in [0.717, 1.165) is 20.5 Å². The van der Waals surface area contributed by atoms with Crippen LogP contribution in [-0.2, 0) is 6.54 Å². The maximum absolute atomic E-state index is 4.26. The molecule has 0 saturated carbocycles. The zero-order valence-electron chi connectivity index (χ0n) is 10.2. The van der Waals surface area contributed by atoms with Crippen molar-refractivity contribution in [3.63, 3.8) is 0 Å². The molecule has 0 aliphatic rings. The summed E-state index contributed by atoms with van der Waals surface area (Å²) in [4.78, 5) is 5.53. The summed E-state index contributed by atoms with van der Waals surface area (Å²) in [5, 5.41) is 4.63. The van der Waals surface area contributed by atoms with Crippen molar-refractivity contribution in [3.05, 3.63) is 48.8 Å². The molecule has 1 unspecified atom stereocenters. The monoisotopic (exact) mass is 388 g/mol. The zero-order valence-corrected chi connectivity index (χ0v) is 14.2. The molecule has 1 N–H and O–H groups in total. The highest BCUT2D eigenvalue weighted by Gasteiger charge is 2.09. The molecular weight excluding hydrogens is 376 g/mol. The van der Waals surface area contributed by atoms with Crippen LogP contribution in [0.15, 0.2) is 33.3 Å². The van der Waals surface area contributed by atoms with Gasteiger partial charge in [-0.15, -0.1) is 11.3 Å². The Bertz CT molecular complexity index is 540. The summed E-state index contributed by atoms with van der Waals surface area (Å²) in [5.74, 6) is 0. The topological polar surface area (TPSA) is 24.9 Å². The molecule has 0 saturated heterocycles. The number of nitrogens with zero attached hydrogens (tertiary/aromatic N) is 1. The van der Waals surface area contributed by atoms with E-state index >= 15 is 0 Å². The maximum Gasteiger partial charge on any atom is 0.0897 e. The number of rotatable bonds is 4. The molecule has 96 valence electrons.